The number of carbonyl (C=O) groups is 1. The monoisotopic (exact) mass is 386 g/mol. The largest absolute Gasteiger partial charge is 0.494 e. The standard InChI is InChI=1S/C19H27FO5S/c1-6-11-24-16-7-9-17(10-8-16)26(22,23)13-15(12-14(2)20)18(21)25-19(3,4)5/h7-10,15H,2,6,11-13H2,1,3-5H3/t15-/m1/s1. The number of sulfone groups is 1. The Balaban J connectivity index is 2.97. The highest BCUT2D eigenvalue weighted by Gasteiger charge is 2.31. The molecule has 1 aromatic carbocycles. The molecule has 1 atom stereocenters. The molecular formula is C19H27FO5S. The first kappa shape index (κ1) is 22.2. The molecule has 0 N–H and O–H groups in total. The van der Waals surface area contributed by atoms with Crippen LogP contribution in [0.3, 0.4) is 0 Å². The second-order valence-electron chi connectivity index (χ2n) is 7.05. The molecular weight excluding hydrogens is 359 g/mol. The SMILES string of the molecule is C=C(F)C[C@H](CS(=O)(=O)c1ccc(OCCC)cc1)C(=O)OC(C)(C)C. The number of allylic oxidation sites excluding steroid dienone is 1. The highest BCUT2D eigenvalue weighted by Crippen LogP contribution is 2.24. The number of esters is 1. The van der Waals surface area contributed by atoms with E-state index in [-0.39, 0.29) is 4.90 Å². The molecule has 146 valence electrons. The third-order valence-corrected chi connectivity index (χ3v) is 5.12. The molecule has 0 amide bonds. The number of ether oxygens (including phenoxy) is 2. The second kappa shape index (κ2) is 9.16. The minimum absolute atomic E-state index is 0.0411. The molecule has 0 saturated heterocycles. The molecule has 26 heavy (non-hydrogen) atoms. The van der Waals surface area contributed by atoms with Crippen molar-refractivity contribution in [3.05, 3.63) is 36.7 Å². The Labute approximate surface area is 155 Å². The van der Waals surface area contributed by atoms with Gasteiger partial charge >= 0.3 is 5.97 Å². The summed E-state index contributed by atoms with van der Waals surface area (Å²) in [6.45, 7) is 10.6. The molecule has 0 unspecified atom stereocenters. The normalized spacial score (nSPS) is 13.1. The fourth-order valence-corrected chi connectivity index (χ4v) is 3.71. The van der Waals surface area contributed by atoms with E-state index in [0.29, 0.717) is 12.4 Å². The smallest absolute Gasteiger partial charge is 0.310 e. The molecule has 0 spiro atoms. The van der Waals surface area contributed by atoms with Gasteiger partial charge in [-0.05, 0) is 51.5 Å². The number of rotatable bonds is 9. The first-order chi connectivity index (χ1) is 11.9. The van der Waals surface area contributed by atoms with Crippen LogP contribution in [0.4, 0.5) is 4.39 Å². The van der Waals surface area contributed by atoms with Crippen molar-refractivity contribution in [2.45, 2.75) is 51.0 Å². The molecule has 1 rings (SSSR count). The average Bonchev–Trinajstić information content (AvgIpc) is 2.50. The minimum Gasteiger partial charge on any atom is -0.494 e. The van der Waals surface area contributed by atoms with Crippen molar-refractivity contribution in [2.24, 2.45) is 5.92 Å². The Hall–Kier alpha value is -1.89. The summed E-state index contributed by atoms with van der Waals surface area (Å²) in [5.41, 5.74) is -0.797. The number of carbonyl (C=O) groups excluding carboxylic acids is 1. The van der Waals surface area contributed by atoms with Crippen LogP contribution in [-0.4, -0.2) is 32.3 Å². The van der Waals surface area contributed by atoms with E-state index in [0.717, 1.165) is 6.42 Å². The molecule has 0 bridgehead atoms. The van der Waals surface area contributed by atoms with E-state index in [1.807, 2.05) is 6.92 Å². The van der Waals surface area contributed by atoms with E-state index in [9.17, 15) is 17.6 Å². The fourth-order valence-electron chi connectivity index (χ4n) is 2.19. The summed E-state index contributed by atoms with van der Waals surface area (Å²) < 4.78 is 49.2. The van der Waals surface area contributed by atoms with Crippen molar-refractivity contribution < 1.29 is 27.1 Å². The van der Waals surface area contributed by atoms with Crippen molar-refractivity contribution in [3.63, 3.8) is 0 Å². The molecule has 5 nitrogen and oxygen atoms in total. The van der Waals surface area contributed by atoms with E-state index in [1.54, 1.807) is 32.9 Å². The maximum atomic E-state index is 13.3. The van der Waals surface area contributed by atoms with Gasteiger partial charge in [0, 0.05) is 6.42 Å². The molecule has 0 heterocycles. The summed E-state index contributed by atoms with van der Waals surface area (Å²) in [6, 6.07) is 5.94. The maximum Gasteiger partial charge on any atom is 0.310 e. The summed E-state index contributed by atoms with van der Waals surface area (Å²) in [7, 11) is -3.81. The van der Waals surface area contributed by atoms with Gasteiger partial charge < -0.3 is 9.47 Å². The van der Waals surface area contributed by atoms with E-state index in [4.69, 9.17) is 9.47 Å². The summed E-state index contributed by atoms with van der Waals surface area (Å²) >= 11 is 0. The quantitative estimate of drug-likeness (QED) is 0.598. The molecule has 0 aromatic heterocycles. The van der Waals surface area contributed by atoms with Crippen LogP contribution in [0, 0.1) is 5.92 Å². The number of halogens is 1. The predicted octanol–water partition coefficient (Wildman–Crippen LogP) is 4.08. The molecule has 0 aliphatic heterocycles. The summed E-state index contributed by atoms with van der Waals surface area (Å²) in [6.07, 6.45) is 0.441. The Bertz CT molecular complexity index is 717. The third-order valence-electron chi connectivity index (χ3n) is 3.28. The van der Waals surface area contributed by atoms with Gasteiger partial charge in [0.1, 0.15) is 11.4 Å². The van der Waals surface area contributed by atoms with Crippen LogP contribution in [0.15, 0.2) is 41.6 Å². The molecule has 0 radical (unpaired) electrons. The number of hydrogen-bond acceptors (Lipinski definition) is 5. The lowest BCUT2D eigenvalue weighted by atomic mass is 10.1. The lowest BCUT2D eigenvalue weighted by Gasteiger charge is -2.23. The van der Waals surface area contributed by atoms with Crippen molar-refractivity contribution >= 4 is 15.8 Å². The van der Waals surface area contributed by atoms with Gasteiger partial charge in [0.15, 0.2) is 9.84 Å². The Morgan fingerprint density at radius 3 is 2.27 bits per heavy atom. The van der Waals surface area contributed by atoms with Gasteiger partial charge in [-0.3, -0.25) is 4.79 Å². The fraction of sp³-hybridized carbons (Fsp3) is 0.526. The van der Waals surface area contributed by atoms with Gasteiger partial charge in [0.05, 0.1) is 29.0 Å². The Morgan fingerprint density at radius 1 is 1.23 bits per heavy atom. The first-order valence-corrected chi connectivity index (χ1v) is 10.1. The lowest BCUT2D eigenvalue weighted by molar-refractivity contribution is -0.159. The van der Waals surface area contributed by atoms with Crippen LogP contribution in [0.25, 0.3) is 0 Å². The molecule has 0 fully saturated rings. The number of hydrogen-bond donors (Lipinski definition) is 0. The zero-order valence-electron chi connectivity index (χ0n) is 15.7. The highest BCUT2D eigenvalue weighted by atomic mass is 32.2. The third kappa shape index (κ3) is 7.56. The van der Waals surface area contributed by atoms with Crippen molar-refractivity contribution in [1.29, 1.82) is 0 Å². The zero-order valence-corrected chi connectivity index (χ0v) is 16.6. The zero-order chi connectivity index (χ0) is 20.0. The number of benzene rings is 1. The summed E-state index contributed by atoms with van der Waals surface area (Å²) in [5, 5.41) is 0. The van der Waals surface area contributed by atoms with Gasteiger partial charge in [0.25, 0.3) is 0 Å². The molecule has 7 heteroatoms. The second-order valence-corrected chi connectivity index (χ2v) is 9.09. The molecule has 0 aliphatic rings. The molecule has 0 saturated carbocycles. The Morgan fingerprint density at radius 2 is 1.81 bits per heavy atom. The van der Waals surface area contributed by atoms with E-state index >= 15 is 0 Å². The van der Waals surface area contributed by atoms with Gasteiger partial charge in [0.2, 0.25) is 0 Å². The predicted molar refractivity (Wildman–Crippen MR) is 98.5 cm³/mol. The van der Waals surface area contributed by atoms with Crippen molar-refractivity contribution in [2.75, 3.05) is 12.4 Å². The molecule has 1 aromatic rings. The van der Waals surface area contributed by atoms with Crippen LogP contribution >= 0.6 is 0 Å². The van der Waals surface area contributed by atoms with Gasteiger partial charge in [-0.25, -0.2) is 12.8 Å². The summed E-state index contributed by atoms with van der Waals surface area (Å²) in [5.74, 6) is -2.68. The minimum atomic E-state index is -3.81. The average molecular weight is 386 g/mol. The van der Waals surface area contributed by atoms with E-state index in [1.165, 1.54) is 12.1 Å². The van der Waals surface area contributed by atoms with Crippen LogP contribution in [0.5, 0.6) is 5.75 Å². The highest BCUT2D eigenvalue weighted by molar-refractivity contribution is 7.91. The van der Waals surface area contributed by atoms with Gasteiger partial charge in [-0.2, -0.15) is 0 Å². The van der Waals surface area contributed by atoms with E-state index in [2.05, 4.69) is 6.58 Å². The first-order valence-electron chi connectivity index (χ1n) is 8.46. The summed E-state index contributed by atoms with van der Waals surface area (Å²) in [4.78, 5) is 12.3. The van der Waals surface area contributed by atoms with Crippen molar-refractivity contribution in [1.82, 2.24) is 0 Å². The lowest BCUT2D eigenvalue weighted by Crippen LogP contribution is -2.32. The maximum absolute atomic E-state index is 13.3. The van der Waals surface area contributed by atoms with Crippen LogP contribution < -0.4 is 4.74 Å². The van der Waals surface area contributed by atoms with Gasteiger partial charge in [-0.1, -0.05) is 13.5 Å². The van der Waals surface area contributed by atoms with Crippen LogP contribution in [0.1, 0.15) is 40.5 Å². The Kier molecular flexibility index (Phi) is 7.81. The topological polar surface area (TPSA) is 69.7 Å². The van der Waals surface area contributed by atoms with E-state index < -0.39 is 45.3 Å². The van der Waals surface area contributed by atoms with Gasteiger partial charge in [-0.15, -0.1) is 0 Å². The van der Waals surface area contributed by atoms with Crippen molar-refractivity contribution in [3.8, 4) is 5.75 Å². The van der Waals surface area contributed by atoms with Crippen LogP contribution in [0.2, 0.25) is 0 Å². The molecule has 0 aliphatic carbocycles. The van der Waals surface area contributed by atoms with Crippen LogP contribution in [-0.2, 0) is 19.4 Å².